The average molecular weight is 343 g/mol. The molecule has 0 aliphatic rings. The Morgan fingerprint density at radius 2 is 2.05 bits per heavy atom. The third-order valence-corrected chi connectivity index (χ3v) is 3.47. The Balaban J connectivity index is 2.31. The molecule has 20 heavy (non-hydrogen) atoms. The molecule has 2 amide bonds. The quantitative estimate of drug-likeness (QED) is 0.833. The highest BCUT2D eigenvalue weighted by molar-refractivity contribution is 9.10. The monoisotopic (exact) mass is 342 g/mol. The lowest BCUT2D eigenvalue weighted by atomic mass is 10.1. The number of rotatable bonds is 6. The molecule has 1 rings (SSSR count). The number of halogens is 1. The van der Waals surface area contributed by atoms with Crippen molar-refractivity contribution < 1.29 is 14.3 Å². The summed E-state index contributed by atoms with van der Waals surface area (Å²) in [7, 11) is 1.29. The van der Waals surface area contributed by atoms with Crippen LogP contribution < -0.4 is 10.6 Å². The van der Waals surface area contributed by atoms with Crippen molar-refractivity contribution in [2.75, 3.05) is 13.7 Å². The molecule has 0 spiro atoms. The van der Waals surface area contributed by atoms with E-state index in [-0.39, 0.29) is 24.9 Å². The van der Waals surface area contributed by atoms with Gasteiger partial charge in [-0.1, -0.05) is 34.1 Å². The summed E-state index contributed by atoms with van der Waals surface area (Å²) < 4.78 is 5.45. The maximum Gasteiger partial charge on any atom is 0.406 e. The molecule has 1 atom stereocenters. The lowest BCUT2D eigenvalue weighted by Crippen LogP contribution is -2.36. The van der Waals surface area contributed by atoms with Crippen LogP contribution in [0.5, 0.6) is 0 Å². The molecular weight excluding hydrogens is 324 g/mol. The molecule has 6 heteroatoms. The number of amides is 2. The van der Waals surface area contributed by atoms with Gasteiger partial charge in [0.2, 0.25) is 5.91 Å². The van der Waals surface area contributed by atoms with Crippen molar-refractivity contribution in [2.24, 2.45) is 0 Å². The summed E-state index contributed by atoms with van der Waals surface area (Å²) in [5.74, 6) is -0.0963. The fraction of sp³-hybridized carbons (Fsp3) is 0.429. The maximum atomic E-state index is 11.7. The van der Waals surface area contributed by atoms with Crippen LogP contribution in [0, 0.1) is 0 Å². The maximum absolute atomic E-state index is 11.7. The number of nitrogens with one attached hydrogen (secondary N) is 2. The number of carbonyl (C=O) groups excluding carboxylic acids is 2. The number of ether oxygens (including phenoxy) is 1. The first kappa shape index (κ1) is 16.5. The second-order valence-electron chi connectivity index (χ2n) is 4.43. The lowest BCUT2D eigenvalue weighted by Gasteiger charge is -2.15. The van der Waals surface area contributed by atoms with Gasteiger partial charge in [-0.2, -0.15) is 0 Å². The summed E-state index contributed by atoms with van der Waals surface area (Å²) in [6.45, 7) is 2.21. The molecule has 0 bridgehead atoms. The van der Waals surface area contributed by atoms with Gasteiger partial charge in [0, 0.05) is 23.5 Å². The predicted molar refractivity (Wildman–Crippen MR) is 80.5 cm³/mol. The third-order valence-electron chi connectivity index (χ3n) is 2.70. The summed E-state index contributed by atoms with van der Waals surface area (Å²) in [4.78, 5) is 22.5. The van der Waals surface area contributed by atoms with E-state index in [1.807, 2.05) is 31.2 Å². The Labute approximate surface area is 127 Å². The molecule has 2 N–H and O–H groups in total. The van der Waals surface area contributed by atoms with Gasteiger partial charge in [-0.05, 0) is 25.0 Å². The molecular formula is C14H19BrN2O3. The van der Waals surface area contributed by atoms with Crippen LogP contribution in [0.15, 0.2) is 28.7 Å². The number of methoxy groups -OCH3 is 1. The topological polar surface area (TPSA) is 67.4 Å². The molecule has 0 fully saturated rings. The number of alkyl carbamates (subject to hydrolysis) is 1. The summed E-state index contributed by atoms with van der Waals surface area (Å²) >= 11 is 3.48. The summed E-state index contributed by atoms with van der Waals surface area (Å²) in [6.07, 6.45) is 0.451. The molecule has 0 heterocycles. The van der Waals surface area contributed by atoms with Crippen LogP contribution in [0.4, 0.5) is 4.79 Å². The van der Waals surface area contributed by atoms with Gasteiger partial charge in [0.1, 0.15) is 0 Å². The average Bonchev–Trinajstić information content (AvgIpc) is 2.41. The van der Waals surface area contributed by atoms with E-state index in [2.05, 4.69) is 31.3 Å². The van der Waals surface area contributed by atoms with Gasteiger partial charge in [0.05, 0.1) is 7.11 Å². The van der Waals surface area contributed by atoms with E-state index in [9.17, 15) is 9.59 Å². The largest absolute Gasteiger partial charge is 0.453 e. The molecule has 0 unspecified atom stereocenters. The van der Waals surface area contributed by atoms with Crippen molar-refractivity contribution in [2.45, 2.75) is 25.8 Å². The van der Waals surface area contributed by atoms with Crippen molar-refractivity contribution >= 4 is 27.9 Å². The van der Waals surface area contributed by atoms with Crippen molar-refractivity contribution in [3.63, 3.8) is 0 Å². The van der Waals surface area contributed by atoms with Gasteiger partial charge in [-0.3, -0.25) is 4.79 Å². The first-order chi connectivity index (χ1) is 9.52. The van der Waals surface area contributed by atoms with Crippen LogP contribution in [-0.4, -0.2) is 31.7 Å². The minimum absolute atomic E-state index is 0.0272. The smallest absolute Gasteiger partial charge is 0.406 e. The van der Waals surface area contributed by atoms with E-state index >= 15 is 0 Å². The zero-order valence-electron chi connectivity index (χ0n) is 11.6. The predicted octanol–water partition coefficient (Wildman–Crippen LogP) is 2.24. The second-order valence-corrected chi connectivity index (χ2v) is 5.29. The number of hydrogen-bond donors (Lipinski definition) is 2. The highest BCUT2D eigenvalue weighted by Crippen LogP contribution is 2.17. The molecule has 0 saturated carbocycles. The Morgan fingerprint density at radius 1 is 1.35 bits per heavy atom. The van der Waals surface area contributed by atoms with Gasteiger partial charge in [-0.25, -0.2) is 4.79 Å². The third kappa shape index (κ3) is 6.06. The Kier molecular flexibility index (Phi) is 7.08. The van der Waals surface area contributed by atoms with Crippen LogP contribution in [0.1, 0.15) is 18.9 Å². The zero-order chi connectivity index (χ0) is 15.0. The minimum atomic E-state index is -0.529. The van der Waals surface area contributed by atoms with Gasteiger partial charge < -0.3 is 15.4 Å². The Bertz CT molecular complexity index is 465. The molecule has 0 saturated heterocycles. The van der Waals surface area contributed by atoms with Crippen molar-refractivity contribution in [3.05, 3.63) is 34.3 Å². The summed E-state index contributed by atoms with van der Waals surface area (Å²) in [5.41, 5.74) is 1.15. The first-order valence-corrected chi connectivity index (χ1v) is 7.16. The van der Waals surface area contributed by atoms with Gasteiger partial charge in [-0.15, -0.1) is 0 Å². The fourth-order valence-electron chi connectivity index (χ4n) is 1.74. The van der Waals surface area contributed by atoms with E-state index in [1.54, 1.807) is 0 Å². The number of hydrogen-bond acceptors (Lipinski definition) is 3. The zero-order valence-corrected chi connectivity index (χ0v) is 13.2. The highest BCUT2D eigenvalue weighted by Gasteiger charge is 2.10. The minimum Gasteiger partial charge on any atom is -0.453 e. The van der Waals surface area contributed by atoms with Crippen LogP contribution in [0.25, 0.3) is 0 Å². The molecule has 110 valence electrons. The molecule has 1 aromatic rings. The van der Waals surface area contributed by atoms with Crippen LogP contribution in [0.2, 0.25) is 0 Å². The van der Waals surface area contributed by atoms with E-state index in [4.69, 9.17) is 0 Å². The first-order valence-electron chi connectivity index (χ1n) is 6.37. The summed E-state index contributed by atoms with van der Waals surface area (Å²) in [6, 6.07) is 7.94. The van der Waals surface area contributed by atoms with Gasteiger partial charge in [0.15, 0.2) is 0 Å². The number of carbonyl (C=O) groups is 2. The normalized spacial score (nSPS) is 11.6. The second kappa shape index (κ2) is 8.58. The lowest BCUT2D eigenvalue weighted by molar-refractivity contribution is -0.121. The van der Waals surface area contributed by atoms with Crippen LogP contribution >= 0.6 is 15.9 Å². The molecule has 0 radical (unpaired) electrons. The molecule has 0 aromatic heterocycles. The molecule has 0 aliphatic heterocycles. The Morgan fingerprint density at radius 3 is 2.70 bits per heavy atom. The molecule has 1 aromatic carbocycles. The van der Waals surface area contributed by atoms with Gasteiger partial charge >= 0.3 is 6.09 Å². The van der Waals surface area contributed by atoms with E-state index in [0.717, 1.165) is 16.5 Å². The fourth-order valence-corrected chi connectivity index (χ4v) is 2.19. The van der Waals surface area contributed by atoms with Gasteiger partial charge in [0.25, 0.3) is 0 Å². The van der Waals surface area contributed by atoms with Crippen LogP contribution in [-0.2, 0) is 16.0 Å². The van der Waals surface area contributed by atoms with E-state index < -0.39 is 6.09 Å². The SMILES string of the molecule is COC(=O)NCCC(=O)N[C@@H](C)Cc1ccccc1Br. The standard InChI is InChI=1S/C14H19BrN2O3/c1-10(9-11-5-3-4-6-12(11)15)17-13(18)7-8-16-14(19)20-2/h3-6,10H,7-9H2,1-2H3,(H,16,19)(H,17,18)/t10-/m0/s1. The number of benzene rings is 1. The van der Waals surface area contributed by atoms with Crippen molar-refractivity contribution in [1.82, 2.24) is 10.6 Å². The molecule has 0 aliphatic carbocycles. The van der Waals surface area contributed by atoms with E-state index in [0.29, 0.717) is 0 Å². The van der Waals surface area contributed by atoms with Crippen LogP contribution in [0.3, 0.4) is 0 Å². The van der Waals surface area contributed by atoms with Crippen molar-refractivity contribution in [3.8, 4) is 0 Å². The van der Waals surface area contributed by atoms with Crippen molar-refractivity contribution in [1.29, 1.82) is 0 Å². The molecule has 5 nitrogen and oxygen atoms in total. The summed E-state index contributed by atoms with van der Waals surface area (Å²) in [5, 5.41) is 5.36. The van der Waals surface area contributed by atoms with E-state index in [1.165, 1.54) is 7.11 Å². The Hall–Kier alpha value is -1.56. The highest BCUT2D eigenvalue weighted by atomic mass is 79.9.